The van der Waals surface area contributed by atoms with Crippen LogP contribution in [0.5, 0.6) is 0 Å². The number of hydrogen-bond donors (Lipinski definition) is 2. The summed E-state index contributed by atoms with van der Waals surface area (Å²) in [7, 11) is 3.91. The Morgan fingerprint density at radius 1 is 1.55 bits per heavy atom. The molecule has 1 aromatic heterocycles. The SMILES string of the molecule is CN(C)C(CNC(=O)C1CCC(CN)O1)c1ccco1. The molecule has 0 bridgehead atoms. The van der Waals surface area contributed by atoms with Crippen molar-refractivity contribution in [2.75, 3.05) is 27.2 Å². The Kier molecular flexibility index (Phi) is 5.17. The molecule has 3 atom stereocenters. The minimum Gasteiger partial charge on any atom is -0.468 e. The molecule has 1 aromatic rings. The fourth-order valence-electron chi connectivity index (χ4n) is 2.40. The van der Waals surface area contributed by atoms with Gasteiger partial charge in [-0.2, -0.15) is 0 Å². The Bertz CT molecular complexity index is 419. The van der Waals surface area contributed by atoms with E-state index in [-0.39, 0.29) is 24.2 Å². The highest BCUT2D eigenvalue weighted by molar-refractivity contribution is 5.81. The summed E-state index contributed by atoms with van der Waals surface area (Å²) < 4.78 is 11.0. The molecule has 1 saturated heterocycles. The number of nitrogens with zero attached hydrogens (tertiary/aromatic N) is 1. The summed E-state index contributed by atoms with van der Waals surface area (Å²) in [6.45, 7) is 0.961. The molecule has 3 unspecified atom stereocenters. The number of hydrogen-bond acceptors (Lipinski definition) is 5. The molecule has 0 aliphatic carbocycles. The van der Waals surface area contributed by atoms with Gasteiger partial charge < -0.3 is 20.2 Å². The van der Waals surface area contributed by atoms with Crippen LogP contribution in [-0.2, 0) is 9.53 Å². The summed E-state index contributed by atoms with van der Waals surface area (Å²) in [5.41, 5.74) is 5.55. The highest BCUT2D eigenvalue weighted by Crippen LogP contribution is 2.20. The van der Waals surface area contributed by atoms with Crippen LogP contribution in [0, 0.1) is 0 Å². The van der Waals surface area contributed by atoms with Gasteiger partial charge in [0.05, 0.1) is 18.4 Å². The highest BCUT2D eigenvalue weighted by atomic mass is 16.5. The Hall–Kier alpha value is -1.37. The second-order valence-corrected chi connectivity index (χ2v) is 5.30. The maximum absolute atomic E-state index is 12.1. The first-order chi connectivity index (χ1) is 9.61. The van der Waals surface area contributed by atoms with Crippen LogP contribution in [0.25, 0.3) is 0 Å². The fraction of sp³-hybridized carbons (Fsp3) is 0.643. The zero-order chi connectivity index (χ0) is 14.5. The maximum atomic E-state index is 12.1. The molecule has 0 saturated carbocycles. The van der Waals surface area contributed by atoms with Crippen molar-refractivity contribution in [3.63, 3.8) is 0 Å². The lowest BCUT2D eigenvalue weighted by molar-refractivity contribution is -0.132. The predicted octanol–water partition coefficient (Wildman–Crippen LogP) is 0.505. The van der Waals surface area contributed by atoms with E-state index in [4.69, 9.17) is 14.9 Å². The Labute approximate surface area is 119 Å². The van der Waals surface area contributed by atoms with E-state index in [1.807, 2.05) is 31.1 Å². The second kappa shape index (κ2) is 6.88. The standard InChI is InChI=1S/C14H23N3O3/c1-17(2)11(12-4-3-7-19-12)9-16-14(18)13-6-5-10(8-15)20-13/h3-4,7,10-11,13H,5-6,8-9,15H2,1-2H3,(H,16,18). The van der Waals surface area contributed by atoms with Gasteiger partial charge in [-0.3, -0.25) is 9.69 Å². The van der Waals surface area contributed by atoms with Crippen molar-refractivity contribution in [1.82, 2.24) is 10.2 Å². The van der Waals surface area contributed by atoms with Crippen molar-refractivity contribution < 1.29 is 13.9 Å². The lowest BCUT2D eigenvalue weighted by Crippen LogP contribution is -2.40. The molecule has 1 aliphatic heterocycles. The Balaban J connectivity index is 1.85. The average Bonchev–Trinajstić information content (AvgIpc) is 3.09. The number of furan rings is 1. The van der Waals surface area contributed by atoms with Crippen molar-refractivity contribution >= 4 is 5.91 Å². The third-order valence-electron chi connectivity index (χ3n) is 3.63. The predicted molar refractivity (Wildman–Crippen MR) is 75.1 cm³/mol. The van der Waals surface area contributed by atoms with Gasteiger partial charge in [-0.1, -0.05) is 0 Å². The van der Waals surface area contributed by atoms with Crippen LogP contribution in [0.2, 0.25) is 0 Å². The number of nitrogens with one attached hydrogen (secondary N) is 1. The van der Waals surface area contributed by atoms with Crippen LogP contribution in [-0.4, -0.2) is 50.2 Å². The van der Waals surface area contributed by atoms with E-state index in [1.54, 1.807) is 6.26 Å². The minimum absolute atomic E-state index is 0.0143. The zero-order valence-corrected chi connectivity index (χ0v) is 12.0. The van der Waals surface area contributed by atoms with Crippen molar-refractivity contribution in [3.05, 3.63) is 24.2 Å². The third-order valence-corrected chi connectivity index (χ3v) is 3.63. The number of ether oxygens (including phenoxy) is 1. The zero-order valence-electron chi connectivity index (χ0n) is 12.0. The summed E-state index contributed by atoms with van der Waals surface area (Å²) in [6.07, 6.45) is 2.87. The summed E-state index contributed by atoms with van der Waals surface area (Å²) in [5, 5.41) is 2.93. The first kappa shape index (κ1) is 15.0. The lowest BCUT2D eigenvalue weighted by Gasteiger charge is -2.23. The molecule has 1 aliphatic rings. The van der Waals surface area contributed by atoms with E-state index in [0.29, 0.717) is 13.1 Å². The molecular formula is C14H23N3O3. The van der Waals surface area contributed by atoms with Crippen molar-refractivity contribution in [1.29, 1.82) is 0 Å². The van der Waals surface area contributed by atoms with Crippen molar-refractivity contribution in [3.8, 4) is 0 Å². The largest absolute Gasteiger partial charge is 0.468 e. The molecular weight excluding hydrogens is 258 g/mol. The summed E-state index contributed by atoms with van der Waals surface area (Å²) in [5.74, 6) is 0.766. The van der Waals surface area contributed by atoms with E-state index in [1.165, 1.54) is 0 Å². The van der Waals surface area contributed by atoms with Crippen LogP contribution in [0.1, 0.15) is 24.6 Å². The minimum atomic E-state index is -0.372. The molecule has 0 spiro atoms. The van der Waals surface area contributed by atoms with Crippen molar-refractivity contribution in [2.45, 2.75) is 31.1 Å². The number of amides is 1. The molecule has 6 heteroatoms. The van der Waals surface area contributed by atoms with Crippen molar-refractivity contribution in [2.24, 2.45) is 5.73 Å². The maximum Gasteiger partial charge on any atom is 0.249 e. The molecule has 0 aromatic carbocycles. The van der Waals surface area contributed by atoms with Gasteiger partial charge >= 0.3 is 0 Å². The fourth-order valence-corrected chi connectivity index (χ4v) is 2.40. The van der Waals surface area contributed by atoms with Gasteiger partial charge in [0.25, 0.3) is 0 Å². The Morgan fingerprint density at radius 3 is 2.90 bits per heavy atom. The van der Waals surface area contributed by atoms with E-state index in [9.17, 15) is 4.79 Å². The van der Waals surface area contributed by atoms with Gasteiger partial charge in [0.15, 0.2) is 0 Å². The van der Waals surface area contributed by atoms with Gasteiger partial charge in [-0.05, 0) is 39.1 Å². The quantitative estimate of drug-likeness (QED) is 0.794. The van der Waals surface area contributed by atoms with Crippen LogP contribution < -0.4 is 11.1 Å². The van der Waals surface area contributed by atoms with E-state index < -0.39 is 0 Å². The first-order valence-electron chi connectivity index (χ1n) is 6.95. The summed E-state index contributed by atoms with van der Waals surface area (Å²) in [4.78, 5) is 14.1. The van der Waals surface area contributed by atoms with Gasteiger partial charge in [-0.15, -0.1) is 0 Å². The van der Waals surface area contributed by atoms with Gasteiger partial charge in [-0.25, -0.2) is 0 Å². The van der Waals surface area contributed by atoms with Crippen LogP contribution in [0.3, 0.4) is 0 Å². The van der Waals surface area contributed by atoms with E-state index in [2.05, 4.69) is 5.32 Å². The smallest absolute Gasteiger partial charge is 0.249 e. The monoisotopic (exact) mass is 281 g/mol. The normalized spacial score (nSPS) is 24.0. The van der Waals surface area contributed by atoms with E-state index >= 15 is 0 Å². The average molecular weight is 281 g/mol. The molecule has 112 valence electrons. The highest BCUT2D eigenvalue weighted by Gasteiger charge is 2.30. The molecule has 0 radical (unpaired) electrons. The van der Waals surface area contributed by atoms with Crippen LogP contribution in [0.15, 0.2) is 22.8 Å². The number of rotatable bonds is 6. The molecule has 1 fully saturated rings. The summed E-state index contributed by atoms with van der Waals surface area (Å²) >= 11 is 0. The molecule has 2 rings (SSSR count). The first-order valence-corrected chi connectivity index (χ1v) is 6.95. The van der Waals surface area contributed by atoms with Gasteiger partial charge in [0.2, 0.25) is 5.91 Å². The third kappa shape index (κ3) is 3.59. The number of nitrogens with two attached hydrogens (primary N) is 1. The molecule has 20 heavy (non-hydrogen) atoms. The number of carbonyl (C=O) groups is 1. The summed E-state index contributed by atoms with van der Waals surface area (Å²) in [6, 6.07) is 3.77. The lowest BCUT2D eigenvalue weighted by atomic mass is 10.1. The van der Waals surface area contributed by atoms with Gasteiger partial charge in [0.1, 0.15) is 11.9 Å². The van der Waals surface area contributed by atoms with Crippen LogP contribution >= 0.6 is 0 Å². The molecule has 3 N–H and O–H groups in total. The molecule has 6 nitrogen and oxygen atoms in total. The van der Waals surface area contributed by atoms with E-state index in [0.717, 1.165) is 18.6 Å². The van der Waals surface area contributed by atoms with Crippen LogP contribution in [0.4, 0.5) is 0 Å². The number of likely N-dealkylation sites (N-methyl/N-ethyl adjacent to an activating group) is 1. The number of carbonyl (C=O) groups excluding carboxylic acids is 1. The topological polar surface area (TPSA) is 80.7 Å². The molecule has 1 amide bonds. The van der Waals surface area contributed by atoms with Gasteiger partial charge in [0, 0.05) is 13.1 Å². The Morgan fingerprint density at radius 2 is 2.35 bits per heavy atom. The second-order valence-electron chi connectivity index (χ2n) is 5.30. The molecule has 2 heterocycles.